The molecule has 0 aromatic heterocycles. The third kappa shape index (κ3) is 6.94. The summed E-state index contributed by atoms with van der Waals surface area (Å²) in [5.74, 6) is -3.68. The first-order valence-corrected chi connectivity index (χ1v) is 11.0. The summed E-state index contributed by atoms with van der Waals surface area (Å²) in [4.78, 5) is 37.1. The van der Waals surface area contributed by atoms with E-state index < -0.39 is 17.6 Å². The molecule has 1 aliphatic carbocycles. The fourth-order valence-corrected chi connectivity index (χ4v) is 3.81. The lowest BCUT2D eigenvalue weighted by Crippen LogP contribution is -2.44. The lowest BCUT2D eigenvalue weighted by Gasteiger charge is -2.14. The number of thioether (sulfide) groups is 1. The van der Waals surface area contributed by atoms with Gasteiger partial charge in [0.15, 0.2) is 6.61 Å². The van der Waals surface area contributed by atoms with Gasteiger partial charge in [0.05, 0.1) is 5.56 Å². The summed E-state index contributed by atoms with van der Waals surface area (Å²) < 4.78 is 30.2. The number of anilines is 1. The van der Waals surface area contributed by atoms with Crippen molar-refractivity contribution in [2.75, 3.05) is 11.9 Å². The van der Waals surface area contributed by atoms with Crippen LogP contribution in [0.2, 0.25) is 0 Å². The van der Waals surface area contributed by atoms with Crippen LogP contribution in [0.5, 0.6) is 5.75 Å². The number of carbonyl (C=O) groups excluding carboxylic acids is 3. The predicted octanol–water partition coefficient (Wildman–Crippen LogP) is 3.97. The molecule has 1 fully saturated rings. The van der Waals surface area contributed by atoms with Crippen molar-refractivity contribution >= 4 is 35.2 Å². The Bertz CT molecular complexity index is 950. The molecule has 0 radical (unpaired) electrons. The van der Waals surface area contributed by atoms with Crippen molar-refractivity contribution in [3.8, 4) is 5.75 Å². The zero-order valence-electron chi connectivity index (χ0n) is 17.1. The third-order valence-electron chi connectivity index (χ3n) is 4.88. The second-order valence-corrected chi connectivity index (χ2v) is 8.22. The SMILES string of the molecule is O=C(COc1ccccc1C(=O)NNC(=O)C1CCCC1)Nc1ccc(SC(F)F)cc1. The molecule has 3 N–H and O–H groups in total. The summed E-state index contributed by atoms with van der Waals surface area (Å²) in [6.45, 7) is -0.369. The van der Waals surface area contributed by atoms with E-state index in [2.05, 4.69) is 16.2 Å². The van der Waals surface area contributed by atoms with Crippen molar-refractivity contribution in [1.29, 1.82) is 0 Å². The molecule has 10 heteroatoms. The number of carbonyl (C=O) groups is 3. The highest BCUT2D eigenvalue weighted by atomic mass is 32.2. The van der Waals surface area contributed by atoms with Crippen LogP contribution in [-0.2, 0) is 9.59 Å². The van der Waals surface area contributed by atoms with Crippen LogP contribution in [0.3, 0.4) is 0 Å². The average molecular weight is 464 g/mol. The maximum absolute atomic E-state index is 12.5. The summed E-state index contributed by atoms with van der Waals surface area (Å²) in [6, 6.07) is 12.3. The maximum atomic E-state index is 12.5. The molecule has 32 heavy (non-hydrogen) atoms. The second kappa shape index (κ2) is 11.5. The van der Waals surface area contributed by atoms with Crippen LogP contribution in [0.15, 0.2) is 53.4 Å². The molecule has 2 aromatic carbocycles. The van der Waals surface area contributed by atoms with Gasteiger partial charge in [-0.15, -0.1) is 0 Å². The van der Waals surface area contributed by atoms with Crippen LogP contribution in [0.1, 0.15) is 36.0 Å². The molecule has 3 rings (SSSR count). The van der Waals surface area contributed by atoms with E-state index in [1.807, 2.05) is 0 Å². The van der Waals surface area contributed by atoms with Gasteiger partial charge in [0, 0.05) is 16.5 Å². The normalized spacial score (nSPS) is 13.6. The van der Waals surface area contributed by atoms with Crippen molar-refractivity contribution < 1.29 is 27.9 Å². The lowest BCUT2D eigenvalue weighted by molar-refractivity contribution is -0.125. The van der Waals surface area contributed by atoms with E-state index in [1.165, 1.54) is 36.4 Å². The molecule has 3 amide bonds. The molecule has 0 spiro atoms. The van der Waals surface area contributed by atoms with E-state index in [0.717, 1.165) is 25.7 Å². The number of ether oxygens (including phenoxy) is 1. The molecule has 1 aliphatic rings. The quantitative estimate of drug-likeness (QED) is 0.407. The first kappa shape index (κ1) is 23.5. The number of amides is 3. The number of nitrogens with one attached hydrogen (secondary N) is 3. The summed E-state index contributed by atoms with van der Waals surface area (Å²) in [5, 5.41) is 2.59. The van der Waals surface area contributed by atoms with E-state index in [0.29, 0.717) is 22.3 Å². The van der Waals surface area contributed by atoms with E-state index in [9.17, 15) is 23.2 Å². The number of hydrazine groups is 1. The van der Waals surface area contributed by atoms with Crippen molar-refractivity contribution in [2.45, 2.75) is 36.3 Å². The first-order valence-electron chi connectivity index (χ1n) is 10.1. The standard InChI is InChI=1S/C22H23F2N3O4S/c23-22(24)32-16-11-9-15(10-12-16)25-19(28)13-31-18-8-4-3-7-17(18)21(30)27-26-20(29)14-5-1-2-6-14/h3-4,7-12,14,22H,1-2,5-6,13H2,(H,25,28)(H,26,29)(H,27,30). The number of benzene rings is 2. The molecule has 1 saturated carbocycles. The lowest BCUT2D eigenvalue weighted by atomic mass is 10.1. The summed E-state index contributed by atoms with van der Waals surface area (Å²) in [5.41, 5.74) is 5.43. The number of hydrogen-bond acceptors (Lipinski definition) is 5. The van der Waals surface area contributed by atoms with E-state index in [-0.39, 0.29) is 29.7 Å². The van der Waals surface area contributed by atoms with Gasteiger partial charge in [0.2, 0.25) is 5.91 Å². The van der Waals surface area contributed by atoms with E-state index in [1.54, 1.807) is 12.1 Å². The van der Waals surface area contributed by atoms with Crippen LogP contribution >= 0.6 is 11.8 Å². The Hall–Kier alpha value is -3.14. The Morgan fingerprint density at radius 1 is 1.00 bits per heavy atom. The van der Waals surface area contributed by atoms with E-state index >= 15 is 0 Å². The number of para-hydroxylation sites is 1. The molecule has 7 nitrogen and oxygen atoms in total. The average Bonchev–Trinajstić information content (AvgIpc) is 3.32. The Balaban J connectivity index is 1.51. The Labute approximate surface area is 188 Å². The minimum Gasteiger partial charge on any atom is -0.483 e. The highest BCUT2D eigenvalue weighted by molar-refractivity contribution is 7.99. The van der Waals surface area contributed by atoms with Crippen LogP contribution in [-0.4, -0.2) is 30.1 Å². The molecule has 0 saturated heterocycles. The van der Waals surface area contributed by atoms with Gasteiger partial charge in [-0.3, -0.25) is 25.2 Å². The third-order valence-corrected chi connectivity index (χ3v) is 5.60. The first-order chi connectivity index (χ1) is 15.4. The van der Waals surface area contributed by atoms with Gasteiger partial charge >= 0.3 is 0 Å². The fourth-order valence-electron chi connectivity index (χ4n) is 3.32. The maximum Gasteiger partial charge on any atom is 0.288 e. The van der Waals surface area contributed by atoms with Gasteiger partial charge in [0.1, 0.15) is 5.75 Å². The van der Waals surface area contributed by atoms with Gasteiger partial charge < -0.3 is 10.1 Å². The highest BCUT2D eigenvalue weighted by Gasteiger charge is 2.23. The monoisotopic (exact) mass is 463 g/mol. The van der Waals surface area contributed by atoms with Crippen LogP contribution in [0.4, 0.5) is 14.5 Å². The van der Waals surface area contributed by atoms with E-state index in [4.69, 9.17) is 4.74 Å². The Morgan fingerprint density at radius 3 is 2.38 bits per heavy atom. The molecule has 2 aromatic rings. The van der Waals surface area contributed by atoms with Gasteiger partial charge in [0.25, 0.3) is 17.6 Å². The molecule has 0 atom stereocenters. The molecular weight excluding hydrogens is 440 g/mol. The van der Waals surface area contributed by atoms with Gasteiger partial charge in [-0.1, -0.05) is 36.7 Å². The smallest absolute Gasteiger partial charge is 0.288 e. The van der Waals surface area contributed by atoms with Gasteiger partial charge in [-0.05, 0) is 49.2 Å². The molecule has 0 unspecified atom stereocenters. The predicted molar refractivity (Wildman–Crippen MR) is 116 cm³/mol. The Morgan fingerprint density at radius 2 is 1.69 bits per heavy atom. The molecule has 0 bridgehead atoms. The largest absolute Gasteiger partial charge is 0.483 e. The summed E-state index contributed by atoms with van der Waals surface area (Å²) in [7, 11) is 0. The van der Waals surface area contributed by atoms with Crippen molar-refractivity contribution in [3.63, 3.8) is 0 Å². The van der Waals surface area contributed by atoms with Crippen LogP contribution in [0.25, 0.3) is 0 Å². The number of hydrogen-bond donors (Lipinski definition) is 3. The topological polar surface area (TPSA) is 96.5 Å². The summed E-state index contributed by atoms with van der Waals surface area (Å²) in [6.07, 6.45) is 3.63. The number of rotatable bonds is 8. The van der Waals surface area contributed by atoms with Gasteiger partial charge in [-0.2, -0.15) is 8.78 Å². The van der Waals surface area contributed by atoms with Gasteiger partial charge in [-0.25, -0.2) is 0 Å². The highest BCUT2D eigenvalue weighted by Crippen LogP contribution is 2.26. The summed E-state index contributed by atoms with van der Waals surface area (Å²) >= 11 is 0.416. The minimum absolute atomic E-state index is 0.0893. The van der Waals surface area contributed by atoms with Crippen LogP contribution < -0.4 is 20.9 Å². The van der Waals surface area contributed by atoms with Crippen molar-refractivity contribution in [2.24, 2.45) is 5.92 Å². The Kier molecular flexibility index (Phi) is 8.43. The van der Waals surface area contributed by atoms with Crippen LogP contribution in [0, 0.1) is 5.92 Å². The zero-order valence-corrected chi connectivity index (χ0v) is 17.9. The second-order valence-electron chi connectivity index (χ2n) is 7.16. The number of halogens is 2. The minimum atomic E-state index is -2.52. The molecule has 0 aliphatic heterocycles. The van der Waals surface area contributed by atoms with Crippen molar-refractivity contribution in [3.05, 3.63) is 54.1 Å². The molecule has 0 heterocycles. The molecular formula is C22H23F2N3O4S. The fraction of sp³-hybridized carbons (Fsp3) is 0.318. The molecule has 170 valence electrons. The van der Waals surface area contributed by atoms with Crippen molar-refractivity contribution in [1.82, 2.24) is 10.9 Å². The number of alkyl halides is 2. The zero-order chi connectivity index (χ0) is 22.9.